The molecule has 140 valence electrons. The first kappa shape index (κ1) is 18.7. The molecule has 1 amide bonds. The minimum atomic E-state index is -0.618. The Morgan fingerprint density at radius 2 is 1.89 bits per heavy atom. The number of carbonyl (C=O) groups is 1. The summed E-state index contributed by atoms with van der Waals surface area (Å²) in [6.07, 6.45) is 1.24. The van der Waals surface area contributed by atoms with Crippen molar-refractivity contribution in [2.45, 2.75) is 26.0 Å². The van der Waals surface area contributed by atoms with Gasteiger partial charge in [0.15, 0.2) is 0 Å². The normalized spacial score (nSPS) is 12.0. The Bertz CT molecular complexity index is 1010. The molecule has 0 aliphatic rings. The van der Waals surface area contributed by atoms with Gasteiger partial charge in [-0.1, -0.05) is 18.2 Å². The van der Waals surface area contributed by atoms with Crippen molar-refractivity contribution < 1.29 is 14.6 Å². The molecular formula is C21H22N2O4. The Labute approximate surface area is 157 Å². The second-order valence-corrected chi connectivity index (χ2v) is 6.46. The molecule has 27 heavy (non-hydrogen) atoms. The van der Waals surface area contributed by atoms with Gasteiger partial charge in [-0.25, -0.2) is 0 Å². The monoisotopic (exact) mass is 366 g/mol. The molecule has 2 aromatic carbocycles. The van der Waals surface area contributed by atoms with Crippen LogP contribution < -0.4 is 15.6 Å². The number of rotatable bonds is 6. The highest BCUT2D eigenvalue weighted by Crippen LogP contribution is 2.21. The maximum atomic E-state index is 12.6. The second-order valence-electron chi connectivity index (χ2n) is 6.46. The first-order valence-corrected chi connectivity index (χ1v) is 8.71. The fraction of sp³-hybridized carbons (Fsp3) is 0.238. The van der Waals surface area contributed by atoms with Crippen LogP contribution >= 0.6 is 0 Å². The lowest BCUT2D eigenvalue weighted by molar-refractivity contribution is -0.115. The number of methoxy groups -OCH3 is 1. The van der Waals surface area contributed by atoms with Gasteiger partial charge in [-0.2, -0.15) is 0 Å². The summed E-state index contributed by atoms with van der Waals surface area (Å²) >= 11 is 0. The Morgan fingerprint density at radius 1 is 1.15 bits per heavy atom. The van der Waals surface area contributed by atoms with Crippen molar-refractivity contribution in [2.24, 2.45) is 0 Å². The van der Waals surface area contributed by atoms with Gasteiger partial charge in [0.1, 0.15) is 5.75 Å². The van der Waals surface area contributed by atoms with E-state index in [1.165, 1.54) is 4.57 Å². The van der Waals surface area contributed by atoms with E-state index in [-0.39, 0.29) is 24.4 Å². The molecule has 3 aromatic rings. The fourth-order valence-electron chi connectivity index (χ4n) is 2.98. The summed E-state index contributed by atoms with van der Waals surface area (Å²) in [6.45, 7) is 1.86. The van der Waals surface area contributed by atoms with Crippen LogP contribution in [-0.2, 0) is 17.8 Å². The van der Waals surface area contributed by atoms with Crippen LogP contribution in [0.2, 0.25) is 0 Å². The number of anilines is 1. The standard InChI is InChI=1S/C21H22N2O4/c1-14(24)13-23-11-10-17-18(21(23)26)4-3-5-19(17)22-20(25)12-15-6-8-16(27-2)9-7-15/h3-11,14,24H,12-13H2,1-2H3,(H,22,25). The molecule has 1 atom stereocenters. The summed E-state index contributed by atoms with van der Waals surface area (Å²) in [5.74, 6) is 0.572. The van der Waals surface area contributed by atoms with Crippen molar-refractivity contribution in [3.8, 4) is 5.75 Å². The quantitative estimate of drug-likeness (QED) is 0.703. The summed E-state index contributed by atoms with van der Waals surface area (Å²) in [5, 5.41) is 13.6. The third kappa shape index (κ3) is 4.35. The zero-order valence-corrected chi connectivity index (χ0v) is 15.3. The molecule has 6 heteroatoms. The molecule has 0 radical (unpaired) electrons. The molecule has 1 unspecified atom stereocenters. The minimum absolute atomic E-state index is 0.166. The average molecular weight is 366 g/mol. The van der Waals surface area contributed by atoms with Crippen LogP contribution in [0.5, 0.6) is 5.75 Å². The molecule has 0 saturated carbocycles. The Balaban J connectivity index is 1.82. The maximum Gasteiger partial charge on any atom is 0.258 e. The number of nitrogens with zero attached hydrogens (tertiary/aromatic N) is 1. The van der Waals surface area contributed by atoms with E-state index in [9.17, 15) is 14.7 Å². The smallest absolute Gasteiger partial charge is 0.258 e. The summed E-state index contributed by atoms with van der Waals surface area (Å²) < 4.78 is 6.58. The highest BCUT2D eigenvalue weighted by atomic mass is 16.5. The van der Waals surface area contributed by atoms with E-state index >= 15 is 0 Å². The molecule has 0 spiro atoms. The molecule has 0 fully saturated rings. The number of fused-ring (bicyclic) bond motifs is 1. The van der Waals surface area contributed by atoms with Crippen molar-refractivity contribution >= 4 is 22.4 Å². The number of hydrogen-bond acceptors (Lipinski definition) is 4. The van der Waals surface area contributed by atoms with Crippen LogP contribution in [0.4, 0.5) is 5.69 Å². The zero-order valence-electron chi connectivity index (χ0n) is 15.3. The Morgan fingerprint density at radius 3 is 2.56 bits per heavy atom. The largest absolute Gasteiger partial charge is 0.497 e. The number of nitrogens with one attached hydrogen (secondary N) is 1. The lowest BCUT2D eigenvalue weighted by atomic mass is 10.1. The predicted octanol–water partition coefficient (Wildman–Crippen LogP) is 2.57. The number of benzene rings is 2. The van der Waals surface area contributed by atoms with Crippen molar-refractivity contribution in [3.05, 3.63) is 70.6 Å². The van der Waals surface area contributed by atoms with Gasteiger partial charge in [0.05, 0.1) is 26.2 Å². The van der Waals surface area contributed by atoms with E-state index in [0.29, 0.717) is 16.5 Å². The van der Waals surface area contributed by atoms with E-state index in [1.54, 1.807) is 44.5 Å². The van der Waals surface area contributed by atoms with Gasteiger partial charge in [0, 0.05) is 22.7 Å². The number of aliphatic hydroxyl groups is 1. The van der Waals surface area contributed by atoms with Gasteiger partial charge in [-0.05, 0) is 42.8 Å². The summed E-state index contributed by atoms with van der Waals surface area (Å²) in [4.78, 5) is 25.0. The predicted molar refractivity (Wildman–Crippen MR) is 105 cm³/mol. The van der Waals surface area contributed by atoms with E-state index in [0.717, 1.165) is 11.3 Å². The van der Waals surface area contributed by atoms with E-state index in [1.807, 2.05) is 24.3 Å². The molecule has 0 saturated heterocycles. The molecule has 1 heterocycles. The highest BCUT2D eigenvalue weighted by molar-refractivity contribution is 6.02. The first-order valence-electron chi connectivity index (χ1n) is 8.71. The molecule has 2 N–H and O–H groups in total. The van der Waals surface area contributed by atoms with Crippen molar-refractivity contribution in [1.82, 2.24) is 4.57 Å². The average Bonchev–Trinajstić information content (AvgIpc) is 2.65. The van der Waals surface area contributed by atoms with Gasteiger partial charge < -0.3 is 19.7 Å². The van der Waals surface area contributed by atoms with Gasteiger partial charge in [0.25, 0.3) is 5.56 Å². The summed E-state index contributed by atoms with van der Waals surface area (Å²) in [7, 11) is 1.59. The summed E-state index contributed by atoms with van der Waals surface area (Å²) in [6, 6.07) is 14.3. The molecule has 1 aromatic heterocycles. The van der Waals surface area contributed by atoms with E-state index < -0.39 is 6.10 Å². The van der Waals surface area contributed by atoms with Crippen molar-refractivity contribution in [1.29, 1.82) is 0 Å². The van der Waals surface area contributed by atoms with Crippen molar-refractivity contribution in [3.63, 3.8) is 0 Å². The molecule has 6 nitrogen and oxygen atoms in total. The van der Waals surface area contributed by atoms with Crippen LogP contribution in [-0.4, -0.2) is 28.8 Å². The van der Waals surface area contributed by atoms with Gasteiger partial charge in [-0.15, -0.1) is 0 Å². The highest BCUT2D eigenvalue weighted by Gasteiger charge is 2.11. The first-order chi connectivity index (χ1) is 13.0. The van der Waals surface area contributed by atoms with Crippen molar-refractivity contribution in [2.75, 3.05) is 12.4 Å². The Kier molecular flexibility index (Phi) is 5.57. The number of ether oxygens (including phenoxy) is 1. The number of pyridine rings is 1. The van der Waals surface area contributed by atoms with Gasteiger partial charge in [-0.3, -0.25) is 9.59 Å². The number of aliphatic hydroxyl groups excluding tert-OH is 1. The zero-order chi connectivity index (χ0) is 19.4. The molecule has 0 aliphatic carbocycles. The third-order valence-electron chi connectivity index (χ3n) is 4.28. The van der Waals surface area contributed by atoms with Crippen LogP contribution in [0.3, 0.4) is 0 Å². The van der Waals surface area contributed by atoms with Gasteiger partial charge in [0.2, 0.25) is 5.91 Å². The third-order valence-corrected chi connectivity index (χ3v) is 4.28. The summed E-state index contributed by atoms with van der Waals surface area (Å²) in [5.41, 5.74) is 1.26. The van der Waals surface area contributed by atoms with Crippen LogP contribution in [0.1, 0.15) is 12.5 Å². The lowest BCUT2D eigenvalue weighted by Crippen LogP contribution is -2.25. The second kappa shape index (κ2) is 8.05. The number of amides is 1. The van der Waals surface area contributed by atoms with Crippen LogP contribution in [0, 0.1) is 0 Å². The topological polar surface area (TPSA) is 80.6 Å². The molecule has 3 rings (SSSR count). The van der Waals surface area contributed by atoms with Crippen LogP contribution in [0.15, 0.2) is 59.5 Å². The lowest BCUT2D eigenvalue weighted by Gasteiger charge is -2.12. The number of carbonyl (C=O) groups excluding carboxylic acids is 1. The van der Waals surface area contributed by atoms with Crippen LogP contribution in [0.25, 0.3) is 10.8 Å². The fourth-order valence-corrected chi connectivity index (χ4v) is 2.98. The SMILES string of the molecule is COc1ccc(CC(=O)Nc2cccc3c(=O)n(CC(C)O)ccc23)cc1. The number of hydrogen-bond donors (Lipinski definition) is 2. The maximum absolute atomic E-state index is 12.6. The van der Waals surface area contributed by atoms with E-state index in [4.69, 9.17) is 4.74 Å². The molecule has 0 aliphatic heterocycles. The molecular weight excluding hydrogens is 344 g/mol. The minimum Gasteiger partial charge on any atom is -0.497 e. The van der Waals surface area contributed by atoms with Gasteiger partial charge >= 0.3 is 0 Å². The Hall–Kier alpha value is -3.12. The van der Waals surface area contributed by atoms with E-state index in [2.05, 4.69) is 5.32 Å². The molecule has 0 bridgehead atoms. The number of aromatic nitrogens is 1.